The van der Waals surface area contributed by atoms with Crippen LogP contribution in [0.5, 0.6) is 0 Å². The molecule has 0 aliphatic carbocycles. The number of aromatic nitrogens is 2. The Bertz CT molecular complexity index is 469. The molecule has 1 aliphatic rings. The molecule has 0 saturated carbocycles. The largest absolute Gasteiger partial charge is 0.372 e. The molecule has 1 aromatic heterocycles. The van der Waals surface area contributed by atoms with Crippen LogP contribution in [0.1, 0.15) is 19.4 Å². The molecule has 17 heavy (non-hydrogen) atoms. The van der Waals surface area contributed by atoms with E-state index in [-0.39, 0.29) is 10.9 Å². The van der Waals surface area contributed by atoms with Crippen molar-refractivity contribution in [3.05, 3.63) is 17.0 Å². The summed E-state index contributed by atoms with van der Waals surface area (Å²) in [5, 5.41) is 9.19. The Balaban J connectivity index is 2.33. The number of nitrogens with zero attached hydrogens (tertiary/aromatic N) is 4. The van der Waals surface area contributed by atoms with E-state index in [1.165, 1.54) is 6.20 Å². The molecule has 0 radical (unpaired) electrons. The van der Waals surface area contributed by atoms with Crippen LogP contribution in [0.4, 0.5) is 5.82 Å². The molecule has 0 spiro atoms. The van der Waals surface area contributed by atoms with Crippen molar-refractivity contribution in [2.45, 2.75) is 19.4 Å². The Labute approximate surface area is 105 Å². The molecule has 90 valence electrons. The fourth-order valence-corrected chi connectivity index (χ4v) is 2.00. The smallest absolute Gasteiger partial charge is 0.224 e. The van der Waals surface area contributed by atoms with Crippen molar-refractivity contribution < 1.29 is 4.74 Å². The lowest BCUT2D eigenvalue weighted by atomic mass is 10.1. The van der Waals surface area contributed by atoms with Crippen LogP contribution in [0.2, 0.25) is 5.28 Å². The molecule has 2 rings (SSSR count). The molecule has 1 fully saturated rings. The van der Waals surface area contributed by atoms with Crippen LogP contribution in [-0.2, 0) is 4.74 Å². The van der Waals surface area contributed by atoms with Crippen molar-refractivity contribution in [3.63, 3.8) is 0 Å². The summed E-state index contributed by atoms with van der Waals surface area (Å²) >= 11 is 5.77. The number of morpholine rings is 1. The third kappa shape index (κ3) is 2.65. The summed E-state index contributed by atoms with van der Waals surface area (Å²) in [6, 6.07) is 2.08. The molecule has 1 aromatic rings. The van der Waals surface area contributed by atoms with E-state index in [2.05, 4.69) is 16.0 Å². The maximum atomic E-state index is 9.04. The number of ether oxygens (including phenoxy) is 1. The molecule has 1 saturated heterocycles. The first-order chi connectivity index (χ1) is 8.02. The minimum atomic E-state index is -0.248. The summed E-state index contributed by atoms with van der Waals surface area (Å²) in [4.78, 5) is 9.96. The quantitative estimate of drug-likeness (QED) is 0.711. The fourth-order valence-electron chi connectivity index (χ4n) is 1.87. The first kappa shape index (κ1) is 12.1. The highest BCUT2D eigenvalue weighted by Crippen LogP contribution is 2.24. The lowest BCUT2D eigenvalue weighted by Gasteiger charge is -2.38. The van der Waals surface area contributed by atoms with Crippen LogP contribution in [0.3, 0.4) is 0 Å². The molecule has 0 atom stereocenters. The first-order valence-corrected chi connectivity index (χ1v) is 5.71. The van der Waals surface area contributed by atoms with Crippen molar-refractivity contribution in [2.75, 3.05) is 24.6 Å². The predicted octanol–water partition coefficient (Wildman–Crippen LogP) is 1.62. The van der Waals surface area contributed by atoms with Crippen molar-refractivity contribution in [2.24, 2.45) is 0 Å². The van der Waals surface area contributed by atoms with Gasteiger partial charge in [0.1, 0.15) is 11.6 Å². The van der Waals surface area contributed by atoms with E-state index in [1.807, 2.05) is 18.7 Å². The van der Waals surface area contributed by atoms with Crippen LogP contribution in [-0.4, -0.2) is 35.3 Å². The number of nitriles is 1. The van der Waals surface area contributed by atoms with Gasteiger partial charge in [-0.05, 0) is 25.4 Å². The van der Waals surface area contributed by atoms with Crippen LogP contribution < -0.4 is 4.90 Å². The molecule has 0 aromatic carbocycles. The van der Waals surface area contributed by atoms with E-state index < -0.39 is 0 Å². The normalized spacial score (nSPS) is 18.8. The molecule has 0 bridgehead atoms. The fraction of sp³-hybridized carbons (Fsp3) is 0.545. The van der Waals surface area contributed by atoms with Gasteiger partial charge in [-0.2, -0.15) is 10.2 Å². The predicted molar refractivity (Wildman–Crippen MR) is 64.0 cm³/mol. The van der Waals surface area contributed by atoms with Crippen molar-refractivity contribution in [1.82, 2.24) is 9.97 Å². The summed E-state index contributed by atoms with van der Waals surface area (Å²) in [7, 11) is 0. The molecule has 0 amide bonds. The molecule has 0 N–H and O–H groups in total. The SMILES string of the molecule is CC1(C)CN(c2nc(Cl)ncc2C#N)CCO1. The highest BCUT2D eigenvalue weighted by molar-refractivity contribution is 6.28. The summed E-state index contributed by atoms with van der Waals surface area (Å²) in [5.74, 6) is 0.587. The first-order valence-electron chi connectivity index (χ1n) is 5.33. The maximum Gasteiger partial charge on any atom is 0.224 e. The van der Waals surface area contributed by atoms with Gasteiger partial charge in [0.25, 0.3) is 0 Å². The second-order valence-electron chi connectivity index (χ2n) is 4.52. The van der Waals surface area contributed by atoms with Crippen molar-refractivity contribution >= 4 is 17.4 Å². The van der Waals surface area contributed by atoms with E-state index in [0.29, 0.717) is 31.1 Å². The second-order valence-corrected chi connectivity index (χ2v) is 4.86. The van der Waals surface area contributed by atoms with Gasteiger partial charge in [-0.1, -0.05) is 0 Å². The molecule has 2 heterocycles. The van der Waals surface area contributed by atoms with E-state index in [1.54, 1.807) is 0 Å². The van der Waals surface area contributed by atoms with Crippen LogP contribution in [0.15, 0.2) is 6.20 Å². The van der Waals surface area contributed by atoms with Gasteiger partial charge in [0.05, 0.1) is 18.4 Å². The van der Waals surface area contributed by atoms with Gasteiger partial charge in [-0.25, -0.2) is 4.98 Å². The average molecular weight is 253 g/mol. The van der Waals surface area contributed by atoms with E-state index in [0.717, 1.165) is 0 Å². The second kappa shape index (κ2) is 4.47. The van der Waals surface area contributed by atoms with Crippen LogP contribution in [0, 0.1) is 11.3 Å². The zero-order valence-corrected chi connectivity index (χ0v) is 10.5. The Kier molecular flexibility index (Phi) is 3.18. The van der Waals surface area contributed by atoms with E-state index in [9.17, 15) is 0 Å². The van der Waals surface area contributed by atoms with Crippen LogP contribution in [0.25, 0.3) is 0 Å². The highest BCUT2D eigenvalue weighted by Gasteiger charge is 2.29. The third-order valence-electron chi connectivity index (χ3n) is 2.58. The average Bonchev–Trinajstić information content (AvgIpc) is 2.27. The molecule has 6 heteroatoms. The Morgan fingerprint density at radius 1 is 1.59 bits per heavy atom. The molecular formula is C11H13ClN4O. The van der Waals surface area contributed by atoms with Crippen LogP contribution >= 0.6 is 11.6 Å². The molecule has 5 nitrogen and oxygen atoms in total. The third-order valence-corrected chi connectivity index (χ3v) is 2.77. The topological polar surface area (TPSA) is 62.0 Å². The van der Waals surface area contributed by atoms with Gasteiger partial charge in [0.2, 0.25) is 5.28 Å². The molecule has 0 unspecified atom stereocenters. The number of hydrogen-bond acceptors (Lipinski definition) is 5. The Morgan fingerprint density at radius 2 is 2.35 bits per heavy atom. The van der Waals surface area contributed by atoms with Crippen molar-refractivity contribution in [3.8, 4) is 6.07 Å². The zero-order chi connectivity index (χ0) is 12.5. The van der Waals surface area contributed by atoms with E-state index in [4.69, 9.17) is 21.6 Å². The van der Waals surface area contributed by atoms with Gasteiger partial charge in [0.15, 0.2) is 5.82 Å². The summed E-state index contributed by atoms with van der Waals surface area (Å²) in [6.07, 6.45) is 1.45. The molecular weight excluding hydrogens is 240 g/mol. The standard InChI is InChI=1S/C11H13ClN4O/c1-11(2)7-16(3-4-17-11)9-8(5-13)6-14-10(12)15-9/h6H,3-4,7H2,1-2H3. The summed E-state index contributed by atoms with van der Waals surface area (Å²) in [5.41, 5.74) is 0.190. The minimum absolute atomic E-state index is 0.156. The monoisotopic (exact) mass is 252 g/mol. The Hall–Kier alpha value is -1.38. The van der Waals surface area contributed by atoms with Crippen molar-refractivity contribution in [1.29, 1.82) is 5.26 Å². The summed E-state index contributed by atoms with van der Waals surface area (Å²) < 4.78 is 5.62. The highest BCUT2D eigenvalue weighted by atomic mass is 35.5. The zero-order valence-electron chi connectivity index (χ0n) is 9.77. The van der Waals surface area contributed by atoms with Gasteiger partial charge in [-0.3, -0.25) is 0 Å². The van der Waals surface area contributed by atoms with Gasteiger partial charge < -0.3 is 9.64 Å². The molecule has 1 aliphatic heterocycles. The summed E-state index contributed by atoms with van der Waals surface area (Å²) in [6.45, 7) is 6.00. The van der Waals surface area contributed by atoms with Gasteiger partial charge >= 0.3 is 0 Å². The van der Waals surface area contributed by atoms with Gasteiger partial charge in [-0.15, -0.1) is 0 Å². The number of hydrogen-bond donors (Lipinski definition) is 0. The maximum absolute atomic E-state index is 9.04. The number of anilines is 1. The minimum Gasteiger partial charge on any atom is -0.372 e. The number of rotatable bonds is 1. The Morgan fingerprint density at radius 3 is 3.00 bits per heavy atom. The number of halogens is 1. The lowest BCUT2D eigenvalue weighted by molar-refractivity contribution is -0.0279. The van der Waals surface area contributed by atoms with Gasteiger partial charge in [0, 0.05) is 13.1 Å². The van der Waals surface area contributed by atoms with E-state index >= 15 is 0 Å². The lowest BCUT2D eigenvalue weighted by Crippen LogP contribution is -2.48.